The number of piperidine rings is 1. The predicted molar refractivity (Wildman–Crippen MR) is 112 cm³/mol. The van der Waals surface area contributed by atoms with E-state index in [-0.39, 0.29) is 11.9 Å². The number of fused-ring (bicyclic) bond motifs is 1. The highest BCUT2D eigenvalue weighted by molar-refractivity contribution is 6.42. The highest BCUT2D eigenvalue weighted by atomic mass is 35.5. The van der Waals surface area contributed by atoms with Crippen molar-refractivity contribution in [3.05, 3.63) is 57.0 Å². The van der Waals surface area contributed by atoms with Gasteiger partial charge in [-0.25, -0.2) is 4.79 Å². The van der Waals surface area contributed by atoms with Gasteiger partial charge in [-0.1, -0.05) is 34.8 Å². The Balaban J connectivity index is 1.42. The summed E-state index contributed by atoms with van der Waals surface area (Å²) in [6, 6.07) is 9.86. The van der Waals surface area contributed by atoms with Gasteiger partial charge in [0.2, 0.25) is 0 Å². The first-order chi connectivity index (χ1) is 13.3. The summed E-state index contributed by atoms with van der Waals surface area (Å²) in [4.78, 5) is 26.7. The smallest absolute Gasteiger partial charge is 0.321 e. The van der Waals surface area contributed by atoms with E-state index < -0.39 is 5.66 Å². The monoisotopic (exact) mass is 438 g/mol. The third-order valence-corrected chi connectivity index (χ3v) is 6.00. The summed E-state index contributed by atoms with van der Waals surface area (Å²) in [6.07, 6.45) is 1.14. The van der Waals surface area contributed by atoms with Gasteiger partial charge in [-0.05, 0) is 36.4 Å². The number of likely N-dealkylation sites (tertiary alicyclic amines) is 1. The number of hydrogen-bond acceptors (Lipinski definition) is 3. The maximum Gasteiger partial charge on any atom is 0.321 e. The van der Waals surface area contributed by atoms with E-state index in [0.29, 0.717) is 57.9 Å². The molecule has 1 fully saturated rings. The van der Waals surface area contributed by atoms with E-state index in [0.717, 1.165) is 0 Å². The molecule has 0 unspecified atom stereocenters. The third-order valence-electron chi connectivity index (χ3n) is 5.03. The van der Waals surface area contributed by atoms with Crippen LogP contribution in [0, 0.1) is 0 Å². The Bertz CT molecular complexity index is 958. The van der Waals surface area contributed by atoms with Gasteiger partial charge in [0.25, 0.3) is 5.91 Å². The van der Waals surface area contributed by atoms with Crippen molar-refractivity contribution in [3.63, 3.8) is 0 Å². The van der Waals surface area contributed by atoms with Crippen LogP contribution in [0.1, 0.15) is 23.2 Å². The van der Waals surface area contributed by atoms with Crippen molar-refractivity contribution in [1.82, 2.24) is 10.2 Å². The number of carbonyl (C=O) groups is 2. The molecule has 1 saturated heterocycles. The zero-order valence-electron chi connectivity index (χ0n) is 14.7. The Kier molecular flexibility index (Phi) is 5.04. The molecule has 0 aliphatic carbocycles. The largest absolute Gasteiger partial charge is 0.362 e. The van der Waals surface area contributed by atoms with Crippen LogP contribution in [0.4, 0.5) is 16.2 Å². The van der Waals surface area contributed by atoms with E-state index in [9.17, 15) is 9.59 Å². The number of halogens is 3. The van der Waals surface area contributed by atoms with E-state index in [1.54, 1.807) is 41.3 Å². The number of rotatable bonds is 1. The Labute approximate surface area is 177 Å². The lowest BCUT2D eigenvalue weighted by molar-refractivity contribution is 0.0852. The lowest BCUT2D eigenvalue weighted by atomic mass is 9.92. The molecule has 28 heavy (non-hydrogen) atoms. The molecule has 146 valence electrons. The second kappa shape index (κ2) is 7.35. The maximum absolute atomic E-state index is 12.6. The molecule has 2 heterocycles. The van der Waals surface area contributed by atoms with Gasteiger partial charge in [-0.15, -0.1) is 0 Å². The van der Waals surface area contributed by atoms with Gasteiger partial charge in [0.15, 0.2) is 0 Å². The normalized spacial score (nSPS) is 17.5. The fourth-order valence-electron chi connectivity index (χ4n) is 3.51. The van der Waals surface area contributed by atoms with Crippen molar-refractivity contribution in [2.75, 3.05) is 23.7 Å². The number of urea groups is 1. The van der Waals surface area contributed by atoms with Gasteiger partial charge >= 0.3 is 6.03 Å². The molecule has 6 nitrogen and oxygen atoms in total. The zero-order valence-corrected chi connectivity index (χ0v) is 17.0. The van der Waals surface area contributed by atoms with E-state index in [4.69, 9.17) is 34.8 Å². The van der Waals surface area contributed by atoms with Crippen molar-refractivity contribution in [2.45, 2.75) is 18.5 Å². The standard InChI is InChI=1S/C19H17Cl3N4O2/c20-11-1-3-13-16(9-11)24-19(25-17(13)27)5-7-26(8-6-19)18(28)23-12-2-4-14(21)15(22)10-12/h1-4,9-10,24H,5-8H2,(H,23,28)(H,25,27). The highest BCUT2D eigenvalue weighted by Gasteiger charge is 2.41. The minimum atomic E-state index is -0.588. The second-order valence-electron chi connectivity index (χ2n) is 6.90. The van der Waals surface area contributed by atoms with E-state index in [1.165, 1.54) is 0 Å². The molecule has 2 aliphatic heterocycles. The van der Waals surface area contributed by atoms with Gasteiger partial charge < -0.3 is 20.9 Å². The fourth-order valence-corrected chi connectivity index (χ4v) is 3.98. The summed E-state index contributed by atoms with van der Waals surface area (Å²) < 4.78 is 0. The molecular formula is C19H17Cl3N4O2. The predicted octanol–water partition coefficient (Wildman–Crippen LogP) is 4.83. The van der Waals surface area contributed by atoms with E-state index >= 15 is 0 Å². The molecule has 2 aromatic carbocycles. The number of benzene rings is 2. The number of amides is 3. The summed E-state index contributed by atoms with van der Waals surface area (Å²) in [5.74, 6) is -0.140. The van der Waals surface area contributed by atoms with Crippen LogP contribution < -0.4 is 16.0 Å². The molecule has 3 amide bonds. The molecule has 2 aromatic rings. The van der Waals surface area contributed by atoms with Crippen LogP contribution in [0.2, 0.25) is 15.1 Å². The fraction of sp³-hybridized carbons (Fsp3) is 0.263. The zero-order chi connectivity index (χ0) is 19.9. The van der Waals surface area contributed by atoms with Crippen LogP contribution >= 0.6 is 34.8 Å². The molecule has 0 bridgehead atoms. The Hall–Kier alpha value is -2.15. The lowest BCUT2D eigenvalue weighted by Gasteiger charge is -2.45. The average Bonchev–Trinajstić information content (AvgIpc) is 2.65. The average molecular weight is 440 g/mol. The lowest BCUT2D eigenvalue weighted by Crippen LogP contribution is -2.63. The maximum atomic E-state index is 12.6. The summed E-state index contributed by atoms with van der Waals surface area (Å²) in [6.45, 7) is 0.965. The number of nitrogens with one attached hydrogen (secondary N) is 3. The van der Waals surface area contributed by atoms with Gasteiger partial charge in [-0.2, -0.15) is 0 Å². The molecule has 9 heteroatoms. The summed E-state index contributed by atoms with van der Waals surface area (Å²) in [5, 5.41) is 10.6. The van der Waals surface area contributed by atoms with E-state index in [2.05, 4.69) is 16.0 Å². The van der Waals surface area contributed by atoms with E-state index in [1.807, 2.05) is 0 Å². The molecule has 0 saturated carbocycles. The van der Waals surface area contributed by atoms with Gasteiger partial charge in [0, 0.05) is 36.6 Å². The minimum absolute atomic E-state index is 0.140. The summed E-state index contributed by atoms with van der Waals surface area (Å²) in [7, 11) is 0. The van der Waals surface area contributed by atoms with Crippen molar-refractivity contribution >= 4 is 58.1 Å². The number of hydrogen-bond donors (Lipinski definition) is 3. The van der Waals surface area contributed by atoms with Crippen molar-refractivity contribution in [1.29, 1.82) is 0 Å². The van der Waals surface area contributed by atoms with Crippen LogP contribution in [0.3, 0.4) is 0 Å². The van der Waals surface area contributed by atoms with Gasteiger partial charge in [0.05, 0.1) is 21.3 Å². The van der Waals surface area contributed by atoms with Crippen LogP contribution in [0.25, 0.3) is 0 Å². The number of nitrogens with zero attached hydrogens (tertiary/aromatic N) is 1. The number of anilines is 2. The minimum Gasteiger partial charge on any atom is -0.362 e. The number of carbonyl (C=O) groups excluding carboxylic acids is 2. The molecule has 0 aromatic heterocycles. The summed E-state index contributed by atoms with van der Waals surface area (Å²) >= 11 is 18.0. The second-order valence-corrected chi connectivity index (χ2v) is 8.15. The van der Waals surface area contributed by atoms with Crippen LogP contribution in [0.5, 0.6) is 0 Å². The molecule has 0 atom stereocenters. The van der Waals surface area contributed by atoms with Crippen LogP contribution in [-0.4, -0.2) is 35.6 Å². The van der Waals surface area contributed by atoms with Crippen LogP contribution in [-0.2, 0) is 0 Å². The topological polar surface area (TPSA) is 73.5 Å². The highest BCUT2D eigenvalue weighted by Crippen LogP contribution is 2.33. The quantitative estimate of drug-likeness (QED) is 0.596. The molecule has 4 rings (SSSR count). The van der Waals surface area contributed by atoms with Crippen molar-refractivity contribution < 1.29 is 9.59 Å². The molecule has 2 aliphatic rings. The Morgan fingerprint density at radius 1 is 1.00 bits per heavy atom. The molecule has 3 N–H and O–H groups in total. The Morgan fingerprint density at radius 3 is 2.46 bits per heavy atom. The van der Waals surface area contributed by atoms with Gasteiger partial charge in [0.1, 0.15) is 5.66 Å². The Morgan fingerprint density at radius 2 is 1.75 bits per heavy atom. The first-order valence-corrected chi connectivity index (χ1v) is 9.90. The van der Waals surface area contributed by atoms with Gasteiger partial charge in [-0.3, -0.25) is 4.79 Å². The first kappa shape index (κ1) is 19.2. The first-order valence-electron chi connectivity index (χ1n) is 8.76. The van der Waals surface area contributed by atoms with Crippen molar-refractivity contribution in [3.8, 4) is 0 Å². The van der Waals surface area contributed by atoms with Crippen molar-refractivity contribution in [2.24, 2.45) is 0 Å². The molecule has 0 radical (unpaired) electrons. The molecule has 1 spiro atoms. The SMILES string of the molecule is O=C1NC2(CCN(C(=O)Nc3ccc(Cl)c(Cl)c3)CC2)Nc2cc(Cl)ccc21. The molecular weight excluding hydrogens is 423 g/mol. The third kappa shape index (κ3) is 3.72. The van der Waals surface area contributed by atoms with Crippen LogP contribution in [0.15, 0.2) is 36.4 Å². The summed E-state index contributed by atoms with van der Waals surface area (Å²) in [5.41, 5.74) is 1.27.